The number of hydrogen-bond donors (Lipinski definition) is 2. The molecule has 1 aliphatic carbocycles. The van der Waals surface area contributed by atoms with Gasteiger partial charge in [0.15, 0.2) is 0 Å². The molecule has 0 atom stereocenters. The van der Waals surface area contributed by atoms with Crippen LogP contribution in [0.3, 0.4) is 0 Å². The first-order chi connectivity index (χ1) is 4.33. The highest BCUT2D eigenvalue weighted by Gasteiger charge is 2.40. The molecule has 0 spiro atoms. The van der Waals surface area contributed by atoms with E-state index in [9.17, 15) is 0 Å². The standard InChI is InChI=1S/C7H15NO/c1-8-5-4-7(6-9)2-3-7/h8-9H,2-6H2,1H3. The van der Waals surface area contributed by atoms with Gasteiger partial charge in [-0.2, -0.15) is 0 Å². The van der Waals surface area contributed by atoms with Crippen molar-refractivity contribution in [3.63, 3.8) is 0 Å². The van der Waals surface area contributed by atoms with Crippen LogP contribution in [0.25, 0.3) is 0 Å². The van der Waals surface area contributed by atoms with Crippen LogP contribution in [-0.2, 0) is 0 Å². The fourth-order valence-corrected chi connectivity index (χ4v) is 1.05. The second-order valence-electron chi connectivity index (χ2n) is 3.01. The average molecular weight is 129 g/mol. The first-order valence-electron chi connectivity index (χ1n) is 3.58. The maximum absolute atomic E-state index is 8.86. The summed E-state index contributed by atoms with van der Waals surface area (Å²) in [5.74, 6) is 0. The fourth-order valence-electron chi connectivity index (χ4n) is 1.05. The van der Waals surface area contributed by atoms with E-state index in [0.29, 0.717) is 12.0 Å². The third-order valence-corrected chi connectivity index (χ3v) is 2.20. The highest BCUT2D eigenvalue weighted by atomic mass is 16.3. The molecule has 2 N–H and O–H groups in total. The molecule has 0 radical (unpaired) electrons. The second kappa shape index (κ2) is 2.67. The van der Waals surface area contributed by atoms with Gasteiger partial charge in [0.25, 0.3) is 0 Å². The van der Waals surface area contributed by atoms with Crippen LogP contribution >= 0.6 is 0 Å². The van der Waals surface area contributed by atoms with E-state index >= 15 is 0 Å². The minimum Gasteiger partial charge on any atom is -0.396 e. The zero-order valence-electron chi connectivity index (χ0n) is 5.98. The summed E-state index contributed by atoms with van der Waals surface area (Å²) in [5.41, 5.74) is 0.336. The zero-order chi connectivity index (χ0) is 6.74. The number of nitrogens with one attached hydrogen (secondary N) is 1. The van der Waals surface area contributed by atoms with Crippen LogP contribution in [0.5, 0.6) is 0 Å². The Morgan fingerprint density at radius 1 is 1.56 bits per heavy atom. The second-order valence-corrected chi connectivity index (χ2v) is 3.01. The molecule has 0 aromatic heterocycles. The average Bonchev–Trinajstić information content (AvgIpc) is 2.65. The Morgan fingerprint density at radius 2 is 2.22 bits per heavy atom. The molecule has 0 saturated heterocycles. The predicted molar refractivity (Wildman–Crippen MR) is 37.3 cm³/mol. The number of aliphatic hydroxyl groups excluding tert-OH is 1. The Kier molecular flexibility index (Phi) is 2.09. The summed E-state index contributed by atoms with van der Waals surface area (Å²) in [6, 6.07) is 0. The van der Waals surface area contributed by atoms with Gasteiger partial charge in [0.1, 0.15) is 0 Å². The molecule has 54 valence electrons. The number of hydrogen-bond acceptors (Lipinski definition) is 2. The Hall–Kier alpha value is -0.0800. The summed E-state index contributed by atoms with van der Waals surface area (Å²) in [7, 11) is 1.95. The van der Waals surface area contributed by atoms with Gasteiger partial charge in [0.05, 0.1) is 0 Å². The summed E-state index contributed by atoms with van der Waals surface area (Å²) in [5, 5.41) is 11.9. The summed E-state index contributed by atoms with van der Waals surface area (Å²) >= 11 is 0. The minimum atomic E-state index is 0.336. The van der Waals surface area contributed by atoms with Crippen molar-refractivity contribution in [2.24, 2.45) is 5.41 Å². The molecule has 0 aromatic rings. The maximum Gasteiger partial charge on any atom is 0.0487 e. The molecule has 1 aliphatic rings. The van der Waals surface area contributed by atoms with Crippen LogP contribution < -0.4 is 5.32 Å². The van der Waals surface area contributed by atoms with Gasteiger partial charge < -0.3 is 10.4 Å². The van der Waals surface area contributed by atoms with E-state index in [2.05, 4.69) is 5.32 Å². The lowest BCUT2D eigenvalue weighted by Gasteiger charge is -2.09. The van der Waals surface area contributed by atoms with Crippen molar-refractivity contribution in [2.75, 3.05) is 20.2 Å². The normalized spacial score (nSPS) is 22.0. The van der Waals surface area contributed by atoms with Crippen molar-refractivity contribution < 1.29 is 5.11 Å². The fraction of sp³-hybridized carbons (Fsp3) is 1.00. The molecule has 0 amide bonds. The first-order valence-corrected chi connectivity index (χ1v) is 3.58. The van der Waals surface area contributed by atoms with Gasteiger partial charge in [-0.3, -0.25) is 0 Å². The van der Waals surface area contributed by atoms with Crippen LogP contribution in [0.4, 0.5) is 0 Å². The molecule has 0 aromatic carbocycles. The van der Waals surface area contributed by atoms with Crippen molar-refractivity contribution >= 4 is 0 Å². The summed E-state index contributed by atoms with van der Waals surface area (Å²) in [6.45, 7) is 1.43. The molecular formula is C7H15NO. The van der Waals surface area contributed by atoms with Gasteiger partial charge in [-0.15, -0.1) is 0 Å². The van der Waals surface area contributed by atoms with E-state index in [1.807, 2.05) is 7.05 Å². The molecule has 1 rings (SSSR count). The Labute approximate surface area is 56.3 Å². The number of aliphatic hydroxyl groups is 1. The van der Waals surface area contributed by atoms with Crippen molar-refractivity contribution in [1.82, 2.24) is 5.32 Å². The summed E-state index contributed by atoms with van der Waals surface area (Å²) in [4.78, 5) is 0. The third-order valence-electron chi connectivity index (χ3n) is 2.20. The van der Waals surface area contributed by atoms with Crippen LogP contribution in [-0.4, -0.2) is 25.3 Å². The van der Waals surface area contributed by atoms with Gasteiger partial charge >= 0.3 is 0 Å². The monoisotopic (exact) mass is 129 g/mol. The Bertz CT molecular complexity index is 88.9. The lowest BCUT2D eigenvalue weighted by atomic mass is 10.0. The number of rotatable bonds is 4. The lowest BCUT2D eigenvalue weighted by Crippen LogP contribution is -2.16. The quantitative estimate of drug-likeness (QED) is 0.574. The molecule has 0 unspecified atom stereocenters. The predicted octanol–water partition coefficient (Wildman–Crippen LogP) is 0.368. The molecule has 2 nitrogen and oxygen atoms in total. The van der Waals surface area contributed by atoms with E-state index in [-0.39, 0.29) is 0 Å². The molecular weight excluding hydrogens is 114 g/mol. The lowest BCUT2D eigenvalue weighted by molar-refractivity contribution is 0.203. The van der Waals surface area contributed by atoms with Gasteiger partial charge in [0, 0.05) is 6.61 Å². The molecule has 1 saturated carbocycles. The van der Waals surface area contributed by atoms with Crippen molar-refractivity contribution in [3.8, 4) is 0 Å². The molecule has 1 fully saturated rings. The van der Waals surface area contributed by atoms with Crippen molar-refractivity contribution in [2.45, 2.75) is 19.3 Å². The van der Waals surface area contributed by atoms with Crippen molar-refractivity contribution in [1.29, 1.82) is 0 Å². The molecule has 0 heterocycles. The smallest absolute Gasteiger partial charge is 0.0487 e. The van der Waals surface area contributed by atoms with E-state index in [1.54, 1.807) is 0 Å². The van der Waals surface area contributed by atoms with E-state index in [0.717, 1.165) is 13.0 Å². The topological polar surface area (TPSA) is 32.3 Å². The Morgan fingerprint density at radius 3 is 2.56 bits per heavy atom. The zero-order valence-corrected chi connectivity index (χ0v) is 5.98. The summed E-state index contributed by atoms with van der Waals surface area (Å²) in [6.07, 6.45) is 3.59. The van der Waals surface area contributed by atoms with Gasteiger partial charge in [-0.05, 0) is 38.3 Å². The van der Waals surface area contributed by atoms with Crippen molar-refractivity contribution in [3.05, 3.63) is 0 Å². The van der Waals surface area contributed by atoms with E-state index in [4.69, 9.17) is 5.11 Å². The molecule has 2 heteroatoms. The summed E-state index contributed by atoms with van der Waals surface area (Å²) < 4.78 is 0. The SMILES string of the molecule is CNCCC1(CO)CC1. The van der Waals surface area contributed by atoms with Crippen LogP contribution in [0.15, 0.2) is 0 Å². The third kappa shape index (κ3) is 1.66. The Balaban J connectivity index is 2.10. The first kappa shape index (κ1) is 7.03. The highest BCUT2D eigenvalue weighted by Crippen LogP contribution is 2.47. The van der Waals surface area contributed by atoms with E-state index < -0.39 is 0 Å². The van der Waals surface area contributed by atoms with Crippen LogP contribution in [0, 0.1) is 5.41 Å². The maximum atomic E-state index is 8.86. The highest BCUT2D eigenvalue weighted by molar-refractivity contribution is 4.92. The van der Waals surface area contributed by atoms with Crippen LogP contribution in [0.1, 0.15) is 19.3 Å². The largest absolute Gasteiger partial charge is 0.396 e. The molecule has 0 bridgehead atoms. The minimum absolute atomic E-state index is 0.336. The molecule has 9 heavy (non-hydrogen) atoms. The van der Waals surface area contributed by atoms with Crippen LogP contribution in [0.2, 0.25) is 0 Å². The molecule has 0 aliphatic heterocycles. The van der Waals surface area contributed by atoms with Gasteiger partial charge in [-0.1, -0.05) is 0 Å². The van der Waals surface area contributed by atoms with Gasteiger partial charge in [0.2, 0.25) is 0 Å². The van der Waals surface area contributed by atoms with E-state index in [1.165, 1.54) is 12.8 Å². The van der Waals surface area contributed by atoms with Gasteiger partial charge in [-0.25, -0.2) is 0 Å².